The molecule has 0 bridgehead atoms. The molecule has 0 atom stereocenters. The van der Waals surface area contributed by atoms with E-state index >= 15 is 0 Å². The average molecular weight is 505 g/mol. The van der Waals surface area contributed by atoms with Crippen molar-refractivity contribution in [1.29, 1.82) is 0 Å². The fourth-order valence-electron chi connectivity index (χ4n) is 4.54. The summed E-state index contributed by atoms with van der Waals surface area (Å²) in [7, 11) is 1.37. The number of aryl methyl sites for hydroxylation is 1. The van der Waals surface area contributed by atoms with Crippen molar-refractivity contribution in [2.45, 2.75) is 26.2 Å². The lowest BCUT2D eigenvalue weighted by atomic mass is 9.78. The molecule has 34 heavy (non-hydrogen) atoms. The number of thiophene rings is 1. The number of methoxy groups -OCH3 is 1. The molecule has 2 amide bonds. The van der Waals surface area contributed by atoms with Gasteiger partial charge in [-0.1, -0.05) is 0 Å². The Morgan fingerprint density at radius 1 is 1.21 bits per heavy atom. The molecule has 11 heteroatoms. The number of amides is 2. The zero-order valence-corrected chi connectivity index (χ0v) is 20.9. The lowest BCUT2D eigenvalue weighted by molar-refractivity contribution is -0.132. The number of nitrogens with zero attached hydrogens (tertiary/aromatic N) is 2. The minimum absolute atomic E-state index is 0.0464. The lowest BCUT2D eigenvalue weighted by Gasteiger charge is -2.39. The maximum absolute atomic E-state index is 12.6. The molecule has 2 aliphatic rings. The fraction of sp³-hybridized carbons (Fsp3) is 0.478. The van der Waals surface area contributed by atoms with Crippen LogP contribution in [-0.2, 0) is 9.53 Å². The molecule has 4 rings (SSSR count). The first kappa shape index (κ1) is 24.2. The molecule has 2 N–H and O–H groups in total. The van der Waals surface area contributed by atoms with Crippen molar-refractivity contribution < 1.29 is 23.5 Å². The van der Waals surface area contributed by atoms with Gasteiger partial charge in [0.1, 0.15) is 4.88 Å². The summed E-state index contributed by atoms with van der Waals surface area (Å²) in [5, 5.41) is 8.38. The van der Waals surface area contributed by atoms with E-state index in [1.54, 1.807) is 12.1 Å². The molecule has 0 unspecified atom stereocenters. The Morgan fingerprint density at radius 2 is 1.91 bits per heavy atom. The van der Waals surface area contributed by atoms with Crippen molar-refractivity contribution in [2.24, 2.45) is 5.41 Å². The van der Waals surface area contributed by atoms with Gasteiger partial charge in [-0.05, 0) is 66.9 Å². The topological polar surface area (TPSA) is 104 Å². The van der Waals surface area contributed by atoms with Crippen LogP contribution in [0.4, 0.5) is 5.69 Å². The summed E-state index contributed by atoms with van der Waals surface area (Å²) in [6.07, 6.45) is 4.19. The third-order valence-electron chi connectivity index (χ3n) is 6.63. The Hall–Kier alpha value is -2.92. The molecule has 182 valence electrons. The first-order valence-electron chi connectivity index (χ1n) is 11.1. The molecule has 0 radical (unpaired) electrons. The summed E-state index contributed by atoms with van der Waals surface area (Å²) in [4.78, 5) is 41.1. The van der Waals surface area contributed by atoms with E-state index in [-0.39, 0.29) is 29.6 Å². The van der Waals surface area contributed by atoms with Crippen LogP contribution in [0.2, 0.25) is 0 Å². The van der Waals surface area contributed by atoms with Gasteiger partial charge in [-0.2, -0.15) is 0 Å². The molecule has 0 aromatic carbocycles. The van der Waals surface area contributed by atoms with Crippen LogP contribution in [0, 0.1) is 12.3 Å². The Kier molecular flexibility index (Phi) is 7.22. The lowest BCUT2D eigenvalue weighted by Crippen LogP contribution is -2.48. The summed E-state index contributed by atoms with van der Waals surface area (Å²) >= 11 is 7.01. The van der Waals surface area contributed by atoms with Crippen LogP contribution in [0.25, 0.3) is 0 Å². The standard InChI is InChI=1S/C23H28N4O5S2/c1-15-13-34-19(21(30)31-2)18(15)25-22(33)27-10-7-23(14-27)5-8-26(9-6-23)17(28)12-24-20(29)16-4-3-11-32-16/h3-4,11,13H,5-10,12,14H2,1-2H3,(H,24,29)(H,25,33). The van der Waals surface area contributed by atoms with Crippen LogP contribution < -0.4 is 10.6 Å². The number of ether oxygens (including phenoxy) is 1. The normalized spacial score (nSPS) is 17.0. The molecule has 0 saturated carbocycles. The van der Waals surface area contributed by atoms with Gasteiger partial charge in [0.15, 0.2) is 10.9 Å². The number of likely N-dealkylation sites (tertiary alicyclic amines) is 2. The van der Waals surface area contributed by atoms with Crippen molar-refractivity contribution >= 4 is 52.1 Å². The Balaban J connectivity index is 1.27. The zero-order valence-electron chi connectivity index (χ0n) is 19.2. The molecular weight excluding hydrogens is 476 g/mol. The molecule has 2 aromatic rings. The van der Waals surface area contributed by atoms with E-state index in [2.05, 4.69) is 15.5 Å². The highest BCUT2D eigenvalue weighted by molar-refractivity contribution is 7.80. The highest BCUT2D eigenvalue weighted by atomic mass is 32.1. The Bertz CT molecular complexity index is 1070. The molecule has 0 aliphatic carbocycles. The molecule has 2 fully saturated rings. The van der Waals surface area contributed by atoms with Crippen LogP contribution in [0.5, 0.6) is 0 Å². The largest absolute Gasteiger partial charge is 0.465 e. The van der Waals surface area contributed by atoms with E-state index in [1.807, 2.05) is 17.2 Å². The first-order chi connectivity index (χ1) is 16.3. The second kappa shape index (κ2) is 10.1. The number of hydrogen-bond acceptors (Lipinski definition) is 7. The SMILES string of the molecule is COC(=O)c1scc(C)c1NC(=S)N1CCC2(CCN(C(=O)CNC(=O)c3ccco3)CC2)C1. The summed E-state index contributed by atoms with van der Waals surface area (Å²) < 4.78 is 9.93. The Labute approximate surface area is 207 Å². The summed E-state index contributed by atoms with van der Waals surface area (Å²) in [6.45, 7) is 4.83. The van der Waals surface area contributed by atoms with Crippen molar-refractivity contribution in [1.82, 2.24) is 15.1 Å². The highest BCUT2D eigenvalue weighted by Gasteiger charge is 2.42. The molecule has 2 saturated heterocycles. The van der Waals surface area contributed by atoms with Gasteiger partial charge < -0.3 is 29.6 Å². The van der Waals surface area contributed by atoms with Crippen LogP contribution in [0.3, 0.4) is 0 Å². The number of nitrogens with one attached hydrogen (secondary N) is 2. The minimum atomic E-state index is -0.393. The summed E-state index contributed by atoms with van der Waals surface area (Å²) in [5.74, 6) is -0.670. The summed E-state index contributed by atoms with van der Waals surface area (Å²) in [5.41, 5.74) is 1.77. The van der Waals surface area contributed by atoms with Crippen molar-refractivity contribution in [3.05, 3.63) is 40.0 Å². The van der Waals surface area contributed by atoms with Crippen molar-refractivity contribution in [2.75, 3.05) is 45.2 Å². The van der Waals surface area contributed by atoms with Crippen LogP contribution in [0.15, 0.2) is 28.2 Å². The van der Waals surface area contributed by atoms with E-state index in [9.17, 15) is 14.4 Å². The monoisotopic (exact) mass is 504 g/mol. The summed E-state index contributed by atoms with van der Waals surface area (Å²) in [6, 6.07) is 3.19. The minimum Gasteiger partial charge on any atom is -0.465 e. The number of anilines is 1. The third kappa shape index (κ3) is 5.10. The molecule has 2 aromatic heterocycles. The number of carbonyl (C=O) groups excluding carboxylic acids is 3. The van der Waals surface area contributed by atoms with Gasteiger partial charge in [-0.15, -0.1) is 11.3 Å². The maximum atomic E-state index is 12.6. The van der Waals surface area contributed by atoms with E-state index < -0.39 is 5.91 Å². The van der Waals surface area contributed by atoms with Crippen molar-refractivity contribution in [3.8, 4) is 0 Å². The van der Waals surface area contributed by atoms with Gasteiger partial charge in [0, 0.05) is 26.2 Å². The number of esters is 1. The predicted octanol–water partition coefficient (Wildman–Crippen LogP) is 2.88. The van der Waals surface area contributed by atoms with E-state index in [0.29, 0.717) is 28.8 Å². The molecular formula is C23H28N4O5S2. The number of furan rings is 1. The fourth-order valence-corrected chi connectivity index (χ4v) is 5.72. The predicted molar refractivity (Wildman–Crippen MR) is 132 cm³/mol. The van der Waals surface area contributed by atoms with Gasteiger partial charge in [0.05, 0.1) is 25.6 Å². The average Bonchev–Trinajstić information content (AvgIpc) is 3.59. The van der Waals surface area contributed by atoms with Crippen LogP contribution in [-0.4, -0.2) is 72.5 Å². The second-order valence-electron chi connectivity index (χ2n) is 8.76. The Morgan fingerprint density at radius 3 is 2.56 bits per heavy atom. The number of rotatable bonds is 5. The first-order valence-corrected chi connectivity index (χ1v) is 12.4. The molecule has 9 nitrogen and oxygen atoms in total. The van der Waals surface area contributed by atoms with Crippen molar-refractivity contribution in [3.63, 3.8) is 0 Å². The molecule has 1 spiro atoms. The van der Waals surface area contributed by atoms with E-state index in [0.717, 1.165) is 37.9 Å². The van der Waals surface area contributed by atoms with Crippen LogP contribution in [0.1, 0.15) is 45.1 Å². The van der Waals surface area contributed by atoms with Gasteiger partial charge in [-0.25, -0.2) is 4.79 Å². The number of piperidine rings is 1. The molecule has 2 aliphatic heterocycles. The van der Waals surface area contributed by atoms with Gasteiger partial charge in [0.2, 0.25) is 5.91 Å². The second-order valence-corrected chi connectivity index (χ2v) is 10.0. The smallest absolute Gasteiger partial charge is 0.350 e. The number of thiocarbonyl (C=S) groups is 1. The maximum Gasteiger partial charge on any atom is 0.350 e. The van der Waals surface area contributed by atoms with E-state index in [1.165, 1.54) is 24.7 Å². The van der Waals surface area contributed by atoms with Crippen LogP contribution >= 0.6 is 23.6 Å². The molecule has 4 heterocycles. The zero-order chi connectivity index (χ0) is 24.3. The third-order valence-corrected chi connectivity index (χ3v) is 8.06. The van der Waals surface area contributed by atoms with E-state index in [4.69, 9.17) is 21.4 Å². The highest BCUT2D eigenvalue weighted by Crippen LogP contribution is 2.41. The van der Waals surface area contributed by atoms with Gasteiger partial charge in [-0.3, -0.25) is 9.59 Å². The number of carbonyl (C=O) groups is 3. The van der Waals surface area contributed by atoms with Gasteiger partial charge >= 0.3 is 5.97 Å². The quantitative estimate of drug-likeness (QED) is 0.473. The number of hydrogen-bond donors (Lipinski definition) is 2. The van der Waals surface area contributed by atoms with Gasteiger partial charge in [0.25, 0.3) is 5.91 Å².